The lowest BCUT2D eigenvalue weighted by Crippen LogP contribution is -2.37. The fourth-order valence-electron chi connectivity index (χ4n) is 2.29. The van der Waals surface area contributed by atoms with E-state index in [0.717, 1.165) is 19.3 Å². The molecule has 0 bridgehead atoms. The Labute approximate surface area is 126 Å². The Hall–Kier alpha value is -1.85. The van der Waals surface area contributed by atoms with E-state index in [1.165, 1.54) is 7.11 Å². The molecule has 1 heterocycles. The van der Waals surface area contributed by atoms with E-state index in [1.54, 1.807) is 17.4 Å². The van der Waals surface area contributed by atoms with Crippen LogP contribution in [0.5, 0.6) is 0 Å². The Kier molecular flexibility index (Phi) is 7.50. The van der Waals surface area contributed by atoms with Crippen molar-refractivity contribution in [3.8, 4) is 0 Å². The first-order chi connectivity index (χ1) is 10.1. The van der Waals surface area contributed by atoms with E-state index in [2.05, 4.69) is 16.6 Å². The van der Waals surface area contributed by atoms with Gasteiger partial charge in [-0.25, -0.2) is 4.98 Å². The molecule has 1 rings (SSSR count). The van der Waals surface area contributed by atoms with Crippen molar-refractivity contribution in [2.45, 2.75) is 45.6 Å². The van der Waals surface area contributed by atoms with Gasteiger partial charge in [0.05, 0.1) is 13.4 Å². The van der Waals surface area contributed by atoms with Crippen LogP contribution in [-0.2, 0) is 14.3 Å². The summed E-state index contributed by atoms with van der Waals surface area (Å²) in [6, 6.07) is 0.0852. The van der Waals surface area contributed by atoms with E-state index >= 15 is 0 Å². The van der Waals surface area contributed by atoms with Gasteiger partial charge in [-0.2, -0.15) is 0 Å². The van der Waals surface area contributed by atoms with E-state index in [1.807, 2.05) is 17.7 Å². The molecule has 0 radical (unpaired) electrons. The third-order valence-corrected chi connectivity index (χ3v) is 3.37. The van der Waals surface area contributed by atoms with Crippen LogP contribution < -0.4 is 0 Å². The molecule has 1 unspecified atom stereocenters. The highest BCUT2D eigenvalue weighted by Crippen LogP contribution is 2.19. The second-order valence-corrected chi connectivity index (χ2v) is 5.05. The van der Waals surface area contributed by atoms with Gasteiger partial charge in [0.15, 0.2) is 0 Å². The predicted octanol–water partition coefficient (Wildman–Crippen LogP) is 2.03. The number of carbonyl (C=O) groups excluding carboxylic acids is 2. The first kappa shape index (κ1) is 17.2. The molecule has 0 aromatic carbocycles. The number of esters is 1. The molecular formula is C15H25N3O3. The van der Waals surface area contributed by atoms with Gasteiger partial charge in [0.2, 0.25) is 5.91 Å². The number of aromatic nitrogens is 2. The molecule has 1 aromatic heterocycles. The first-order valence-corrected chi connectivity index (χ1v) is 7.44. The number of hydrogen-bond donors (Lipinski definition) is 0. The maximum absolute atomic E-state index is 12.4. The zero-order valence-electron chi connectivity index (χ0n) is 13.1. The zero-order valence-corrected chi connectivity index (χ0v) is 13.1. The lowest BCUT2D eigenvalue weighted by atomic mass is 10.1. The summed E-state index contributed by atoms with van der Waals surface area (Å²) in [5, 5.41) is 0. The van der Waals surface area contributed by atoms with Crippen LogP contribution in [0.25, 0.3) is 0 Å². The molecule has 0 saturated carbocycles. The summed E-state index contributed by atoms with van der Waals surface area (Å²) >= 11 is 0. The summed E-state index contributed by atoms with van der Waals surface area (Å²) in [6.45, 7) is 4.66. The Bertz CT molecular complexity index is 431. The minimum Gasteiger partial charge on any atom is -0.468 e. The van der Waals surface area contributed by atoms with Crippen molar-refractivity contribution in [2.24, 2.45) is 0 Å². The van der Waals surface area contributed by atoms with Gasteiger partial charge in [-0.05, 0) is 12.8 Å². The first-order valence-electron chi connectivity index (χ1n) is 7.44. The molecule has 6 heteroatoms. The summed E-state index contributed by atoms with van der Waals surface area (Å²) in [5.74, 6) is -0.402. The lowest BCUT2D eigenvalue weighted by molar-refractivity contribution is -0.147. The summed E-state index contributed by atoms with van der Waals surface area (Å²) in [6.07, 6.45) is 8.40. The Morgan fingerprint density at radius 3 is 2.62 bits per heavy atom. The van der Waals surface area contributed by atoms with Gasteiger partial charge in [0.1, 0.15) is 6.54 Å². The van der Waals surface area contributed by atoms with E-state index in [9.17, 15) is 9.59 Å². The van der Waals surface area contributed by atoms with Gasteiger partial charge in [0.25, 0.3) is 0 Å². The van der Waals surface area contributed by atoms with Crippen LogP contribution in [-0.4, -0.2) is 46.5 Å². The number of rotatable bonds is 9. The fraction of sp³-hybridized carbons (Fsp3) is 0.667. The van der Waals surface area contributed by atoms with Gasteiger partial charge in [-0.1, -0.05) is 20.3 Å². The second-order valence-electron chi connectivity index (χ2n) is 5.05. The molecule has 1 amide bonds. The highest BCUT2D eigenvalue weighted by molar-refractivity contribution is 5.82. The summed E-state index contributed by atoms with van der Waals surface area (Å²) in [7, 11) is 1.34. The van der Waals surface area contributed by atoms with E-state index in [4.69, 9.17) is 0 Å². The van der Waals surface area contributed by atoms with Gasteiger partial charge in [-0.15, -0.1) is 0 Å². The normalized spacial score (nSPS) is 12.0. The average molecular weight is 295 g/mol. The summed E-state index contributed by atoms with van der Waals surface area (Å²) in [5.41, 5.74) is 0. The number of nitrogens with zero attached hydrogens (tertiary/aromatic N) is 3. The van der Waals surface area contributed by atoms with E-state index < -0.39 is 0 Å². The maximum atomic E-state index is 12.4. The van der Waals surface area contributed by atoms with Crippen molar-refractivity contribution in [2.75, 3.05) is 20.2 Å². The SMILES string of the molecule is CCCC(CC(=O)N(CCC)CC(=O)OC)n1ccnc1. The van der Waals surface area contributed by atoms with Crippen LogP contribution >= 0.6 is 0 Å². The minimum atomic E-state index is -0.383. The standard InChI is InChI=1S/C15H25N3O3/c1-4-6-13(18-9-7-16-12-18)10-14(19)17(8-5-2)11-15(20)21-3/h7,9,12-13H,4-6,8,10-11H2,1-3H3. The van der Waals surface area contributed by atoms with Crippen LogP contribution in [0.1, 0.15) is 45.6 Å². The molecule has 118 valence electrons. The predicted molar refractivity (Wildman–Crippen MR) is 79.7 cm³/mol. The Balaban J connectivity index is 2.70. The molecule has 0 fully saturated rings. The maximum Gasteiger partial charge on any atom is 0.325 e. The minimum absolute atomic E-state index is 0.0191. The van der Waals surface area contributed by atoms with Crippen molar-refractivity contribution in [1.29, 1.82) is 0 Å². The van der Waals surface area contributed by atoms with Crippen molar-refractivity contribution < 1.29 is 14.3 Å². The molecule has 0 aliphatic rings. The smallest absolute Gasteiger partial charge is 0.325 e. The number of amides is 1. The number of methoxy groups -OCH3 is 1. The molecule has 0 N–H and O–H groups in total. The quantitative estimate of drug-likeness (QED) is 0.654. The molecule has 1 aromatic rings. The van der Waals surface area contributed by atoms with Crippen molar-refractivity contribution in [3.05, 3.63) is 18.7 Å². The van der Waals surface area contributed by atoms with Crippen LogP contribution in [0.3, 0.4) is 0 Å². The van der Waals surface area contributed by atoms with Crippen LogP contribution in [0, 0.1) is 0 Å². The summed E-state index contributed by atoms with van der Waals surface area (Å²) < 4.78 is 6.62. The summed E-state index contributed by atoms with van der Waals surface area (Å²) in [4.78, 5) is 29.5. The number of ether oxygens (including phenoxy) is 1. The molecule has 0 spiro atoms. The zero-order chi connectivity index (χ0) is 15.7. The monoisotopic (exact) mass is 295 g/mol. The average Bonchev–Trinajstić information content (AvgIpc) is 3.00. The second kappa shape index (κ2) is 9.15. The molecule has 0 saturated heterocycles. The van der Waals surface area contributed by atoms with Crippen LogP contribution in [0.4, 0.5) is 0 Å². The molecule has 1 atom stereocenters. The van der Waals surface area contributed by atoms with Crippen molar-refractivity contribution in [1.82, 2.24) is 14.5 Å². The van der Waals surface area contributed by atoms with E-state index in [-0.39, 0.29) is 24.5 Å². The highest BCUT2D eigenvalue weighted by atomic mass is 16.5. The third kappa shape index (κ3) is 5.57. The number of hydrogen-bond acceptors (Lipinski definition) is 4. The van der Waals surface area contributed by atoms with Crippen molar-refractivity contribution in [3.63, 3.8) is 0 Å². The number of carbonyl (C=O) groups is 2. The largest absolute Gasteiger partial charge is 0.468 e. The Morgan fingerprint density at radius 2 is 2.10 bits per heavy atom. The van der Waals surface area contributed by atoms with Crippen molar-refractivity contribution >= 4 is 11.9 Å². The van der Waals surface area contributed by atoms with Gasteiger partial charge < -0.3 is 14.2 Å². The molecule has 6 nitrogen and oxygen atoms in total. The fourth-order valence-corrected chi connectivity index (χ4v) is 2.29. The number of imidazole rings is 1. The van der Waals surface area contributed by atoms with Gasteiger partial charge >= 0.3 is 5.97 Å². The van der Waals surface area contributed by atoms with Gasteiger partial charge in [-0.3, -0.25) is 9.59 Å². The van der Waals surface area contributed by atoms with E-state index in [0.29, 0.717) is 13.0 Å². The molecule has 0 aliphatic carbocycles. The van der Waals surface area contributed by atoms with Crippen LogP contribution in [0.2, 0.25) is 0 Å². The van der Waals surface area contributed by atoms with Gasteiger partial charge in [0, 0.05) is 31.4 Å². The topological polar surface area (TPSA) is 64.4 Å². The third-order valence-electron chi connectivity index (χ3n) is 3.37. The van der Waals surface area contributed by atoms with Crippen LogP contribution in [0.15, 0.2) is 18.7 Å². The molecule has 0 aliphatic heterocycles. The Morgan fingerprint density at radius 1 is 1.33 bits per heavy atom. The highest BCUT2D eigenvalue weighted by Gasteiger charge is 2.21. The lowest BCUT2D eigenvalue weighted by Gasteiger charge is -2.24. The molecular weight excluding hydrogens is 270 g/mol. The molecule has 21 heavy (non-hydrogen) atoms.